The quantitative estimate of drug-likeness (QED) is 0.0772. The minimum atomic E-state index is -1.26. The van der Waals surface area contributed by atoms with Crippen LogP contribution in [0.25, 0.3) is 0 Å². The van der Waals surface area contributed by atoms with Crippen molar-refractivity contribution in [3.8, 4) is 34.5 Å². The number of hydrogen-bond acceptors (Lipinski definition) is 9. The van der Waals surface area contributed by atoms with Crippen molar-refractivity contribution in [1.29, 1.82) is 0 Å². The molecule has 6 aromatic carbocycles. The van der Waals surface area contributed by atoms with Gasteiger partial charge in [0, 0.05) is 35.4 Å². The third kappa shape index (κ3) is 8.93. The van der Waals surface area contributed by atoms with Gasteiger partial charge in [0.15, 0.2) is 17.3 Å². The van der Waals surface area contributed by atoms with Crippen LogP contribution in [0.3, 0.4) is 0 Å². The Morgan fingerprint density at radius 1 is 0.552 bits per heavy atom. The fraction of sp³-hybridized carbons (Fsp3) is 0.0976. The Labute approximate surface area is 348 Å². The number of halogens is 6. The van der Waals surface area contributed by atoms with E-state index in [1.807, 2.05) is 0 Å². The number of non-ortho nitro benzene ring substituents is 2. The molecule has 0 heterocycles. The summed E-state index contributed by atoms with van der Waals surface area (Å²) in [6, 6.07) is 23.7. The van der Waals surface area contributed by atoms with Crippen LogP contribution in [0.4, 0.5) is 20.2 Å². The molecule has 6 aromatic rings. The van der Waals surface area contributed by atoms with Crippen LogP contribution >= 0.6 is 46.4 Å². The van der Waals surface area contributed by atoms with Gasteiger partial charge in [0.1, 0.15) is 34.6 Å². The molecule has 0 spiro atoms. The highest BCUT2D eigenvalue weighted by Gasteiger charge is 2.36. The highest BCUT2D eigenvalue weighted by Crippen LogP contribution is 2.47. The molecule has 58 heavy (non-hydrogen) atoms. The number of hydrogen-bond donors (Lipinski definition) is 0. The molecule has 0 amide bonds. The summed E-state index contributed by atoms with van der Waals surface area (Å²) in [6.45, 7) is 0. The van der Waals surface area contributed by atoms with Crippen molar-refractivity contribution >= 4 is 63.6 Å². The number of rotatable bonds is 14. The number of ether oxygens (including phenoxy) is 4. The zero-order valence-corrected chi connectivity index (χ0v) is 32.9. The lowest BCUT2D eigenvalue weighted by Gasteiger charge is -2.27. The van der Waals surface area contributed by atoms with Gasteiger partial charge in [-0.15, -0.1) is 0 Å². The second-order valence-electron chi connectivity index (χ2n) is 12.4. The van der Waals surface area contributed by atoms with Gasteiger partial charge in [-0.2, -0.15) is 0 Å². The number of nitrogens with zero attached hydrogens (tertiary/aromatic N) is 2. The number of ketones is 1. The summed E-state index contributed by atoms with van der Waals surface area (Å²) < 4.78 is 52.4. The maximum atomic E-state index is 15.5. The van der Waals surface area contributed by atoms with E-state index < -0.39 is 39.1 Å². The second-order valence-corrected chi connectivity index (χ2v) is 14.0. The zero-order chi connectivity index (χ0) is 41.8. The Morgan fingerprint density at radius 3 is 1.17 bits per heavy atom. The summed E-state index contributed by atoms with van der Waals surface area (Å²) in [5, 5.41) is 22.1. The van der Waals surface area contributed by atoms with Crippen LogP contribution in [0.2, 0.25) is 20.1 Å². The maximum Gasteiger partial charge on any atom is 0.272 e. The molecule has 0 aliphatic carbocycles. The highest BCUT2D eigenvalue weighted by molar-refractivity contribution is 6.38. The summed E-state index contributed by atoms with van der Waals surface area (Å²) in [5.74, 6) is -3.81. The van der Waals surface area contributed by atoms with E-state index in [4.69, 9.17) is 65.4 Å². The van der Waals surface area contributed by atoms with Gasteiger partial charge in [0.2, 0.25) is 0 Å². The molecule has 0 saturated carbocycles. The first-order chi connectivity index (χ1) is 27.7. The first-order valence-electron chi connectivity index (χ1n) is 16.7. The Morgan fingerprint density at radius 2 is 0.879 bits per heavy atom. The average Bonchev–Trinajstić information content (AvgIpc) is 3.19. The molecular weight excluding hydrogens is 844 g/mol. The molecule has 0 bridgehead atoms. The zero-order valence-electron chi connectivity index (χ0n) is 29.9. The van der Waals surface area contributed by atoms with Crippen molar-refractivity contribution in [1.82, 2.24) is 0 Å². The van der Waals surface area contributed by atoms with Crippen LogP contribution < -0.4 is 18.9 Å². The third-order valence-corrected chi connectivity index (χ3v) is 9.95. The van der Waals surface area contributed by atoms with Gasteiger partial charge >= 0.3 is 0 Å². The molecule has 2 atom stereocenters. The predicted molar refractivity (Wildman–Crippen MR) is 214 cm³/mol. The minimum absolute atomic E-state index is 0.0940. The third-order valence-electron chi connectivity index (χ3n) is 8.83. The molecular formula is C41H26Cl4F2N2O9. The van der Waals surface area contributed by atoms with Gasteiger partial charge < -0.3 is 18.9 Å². The minimum Gasteiger partial charge on any atom is -0.496 e. The Balaban J connectivity index is 1.53. The summed E-state index contributed by atoms with van der Waals surface area (Å²) in [4.78, 5) is 36.9. The highest BCUT2D eigenvalue weighted by atomic mass is 35.5. The molecule has 0 aliphatic heterocycles. The first kappa shape index (κ1) is 41.6. The molecule has 6 rings (SSSR count). The van der Waals surface area contributed by atoms with Crippen LogP contribution in [-0.4, -0.2) is 29.8 Å². The van der Waals surface area contributed by atoms with Crippen molar-refractivity contribution in [3.63, 3.8) is 0 Å². The normalized spacial score (nSPS) is 12.0. The summed E-state index contributed by atoms with van der Waals surface area (Å²) in [7, 11) is 2.76. The van der Waals surface area contributed by atoms with Crippen LogP contribution in [0.5, 0.6) is 34.5 Å². The van der Waals surface area contributed by atoms with E-state index in [0.29, 0.717) is 11.1 Å². The number of carbonyl (C=O) groups is 1. The molecule has 17 heteroatoms. The standard InChI is InChI=1S/C41H26Cl4F2N2O9/c1-55-35-13-11-27(57-40-31(42)15-25(48(51)52)16-32(40)43)19-29(35)37(21-3-7-23(46)8-4-21)39(50)38(22-5-9-24(47)10-6-22)30-20-28(12-14-36(30)56-2)58-41-33(44)17-26(49(53)54)18-34(41)45/h3-20,37-38H,1-2H3. The summed E-state index contributed by atoms with van der Waals surface area (Å²) in [5.41, 5.74) is 0.362. The molecule has 0 radical (unpaired) electrons. The molecule has 0 N–H and O–H groups in total. The van der Waals surface area contributed by atoms with Gasteiger partial charge in [-0.25, -0.2) is 8.78 Å². The number of methoxy groups -OCH3 is 2. The van der Waals surface area contributed by atoms with E-state index in [0.717, 1.165) is 24.3 Å². The van der Waals surface area contributed by atoms with Crippen LogP contribution in [0.15, 0.2) is 109 Å². The molecule has 0 aliphatic rings. The number of nitro groups is 2. The van der Waals surface area contributed by atoms with Crippen LogP contribution in [0.1, 0.15) is 34.1 Å². The van der Waals surface area contributed by atoms with Crippen LogP contribution in [0, 0.1) is 31.9 Å². The van der Waals surface area contributed by atoms with E-state index in [9.17, 15) is 29.0 Å². The van der Waals surface area contributed by atoms with Crippen molar-refractivity contribution < 1.29 is 42.4 Å². The molecule has 296 valence electrons. The van der Waals surface area contributed by atoms with Crippen molar-refractivity contribution in [3.05, 3.63) is 183 Å². The van der Waals surface area contributed by atoms with Crippen molar-refractivity contribution in [2.24, 2.45) is 0 Å². The number of nitro benzene ring substituents is 2. The van der Waals surface area contributed by atoms with Gasteiger partial charge in [-0.05, 0) is 71.8 Å². The van der Waals surface area contributed by atoms with E-state index in [2.05, 4.69) is 0 Å². The smallest absolute Gasteiger partial charge is 0.272 e. The van der Waals surface area contributed by atoms with Crippen molar-refractivity contribution in [2.45, 2.75) is 11.8 Å². The fourth-order valence-corrected chi connectivity index (χ4v) is 7.31. The molecule has 0 aromatic heterocycles. The van der Waals surface area contributed by atoms with Gasteiger partial charge in [0.05, 0.1) is 56.0 Å². The van der Waals surface area contributed by atoms with E-state index in [1.165, 1.54) is 99.1 Å². The fourth-order valence-electron chi connectivity index (χ4n) is 6.21. The molecule has 2 unspecified atom stereocenters. The summed E-state index contributed by atoms with van der Waals surface area (Å²) in [6.07, 6.45) is 0. The Hall–Kier alpha value is -5.99. The lowest BCUT2D eigenvalue weighted by atomic mass is 9.76. The first-order valence-corrected chi connectivity index (χ1v) is 18.2. The average molecular weight is 870 g/mol. The second kappa shape index (κ2) is 17.7. The largest absolute Gasteiger partial charge is 0.496 e. The monoisotopic (exact) mass is 868 g/mol. The van der Waals surface area contributed by atoms with Crippen molar-refractivity contribution in [2.75, 3.05) is 14.2 Å². The Bertz CT molecular complexity index is 2340. The van der Waals surface area contributed by atoms with Gasteiger partial charge in [0.25, 0.3) is 11.4 Å². The van der Waals surface area contributed by atoms with E-state index in [1.54, 1.807) is 0 Å². The van der Waals surface area contributed by atoms with Crippen LogP contribution in [-0.2, 0) is 4.79 Å². The molecule has 0 saturated heterocycles. The number of benzene rings is 6. The maximum absolute atomic E-state index is 15.5. The number of carbonyl (C=O) groups excluding carboxylic acids is 1. The molecule has 0 fully saturated rings. The number of Topliss-reactive ketones (excluding diaryl/α,β-unsaturated/α-hetero) is 1. The SMILES string of the molecule is COc1ccc(Oc2c(Cl)cc([N+](=O)[O-])cc2Cl)cc1C(C(=O)C(c1ccc(F)cc1)c1cc(Oc2c(Cl)cc([N+](=O)[O-])cc2Cl)ccc1OC)c1ccc(F)cc1. The van der Waals surface area contributed by atoms with Gasteiger partial charge in [-0.1, -0.05) is 70.7 Å². The van der Waals surface area contributed by atoms with E-state index in [-0.39, 0.29) is 77.1 Å². The lowest BCUT2D eigenvalue weighted by molar-refractivity contribution is -0.385. The lowest BCUT2D eigenvalue weighted by Crippen LogP contribution is -2.24. The molecule has 11 nitrogen and oxygen atoms in total. The Kier molecular flexibility index (Phi) is 12.7. The summed E-state index contributed by atoms with van der Waals surface area (Å²) >= 11 is 25.4. The van der Waals surface area contributed by atoms with Gasteiger partial charge in [-0.3, -0.25) is 25.0 Å². The van der Waals surface area contributed by atoms with E-state index >= 15 is 4.79 Å². The topological polar surface area (TPSA) is 140 Å². The predicted octanol–water partition coefficient (Wildman–Crippen LogP) is 12.5.